The van der Waals surface area contributed by atoms with Gasteiger partial charge in [0.05, 0.1) is 10.6 Å². The molecule has 5 heteroatoms. The maximum Gasteiger partial charge on any atom is 0.250 e. The molecule has 0 saturated heterocycles. The van der Waals surface area contributed by atoms with Crippen LogP contribution in [-0.4, -0.2) is 5.91 Å². The lowest BCUT2D eigenvalue weighted by Gasteiger charge is -2.07. The first-order valence-electron chi connectivity index (χ1n) is 5.01. The average Bonchev–Trinajstić information content (AvgIpc) is 2.78. The van der Waals surface area contributed by atoms with Gasteiger partial charge in [0.15, 0.2) is 0 Å². The van der Waals surface area contributed by atoms with Crippen molar-refractivity contribution in [2.45, 2.75) is 6.54 Å². The quantitative estimate of drug-likeness (QED) is 0.893. The summed E-state index contributed by atoms with van der Waals surface area (Å²) in [6.07, 6.45) is 0. The van der Waals surface area contributed by atoms with Gasteiger partial charge in [0.25, 0.3) is 0 Å². The number of hydrogen-bond acceptors (Lipinski definition) is 3. The maximum atomic E-state index is 11.0. The van der Waals surface area contributed by atoms with E-state index in [1.807, 2.05) is 5.38 Å². The summed E-state index contributed by atoms with van der Waals surface area (Å²) < 4.78 is 0. The van der Waals surface area contributed by atoms with Crippen LogP contribution in [0.1, 0.15) is 15.9 Å². The van der Waals surface area contributed by atoms with Crippen LogP contribution in [0.15, 0.2) is 35.0 Å². The molecule has 0 unspecified atom stereocenters. The third kappa shape index (κ3) is 2.99. The number of primary amides is 1. The second-order valence-electron chi connectivity index (χ2n) is 3.54. The topological polar surface area (TPSA) is 55.1 Å². The van der Waals surface area contributed by atoms with Crippen LogP contribution in [0.4, 0.5) is 5.69 Å². The van der Waals surface area contributed by atoms with Gasteiger partial charge in [-0.3, -0.25) is 4.79 Å². The van der Waals surface area contributed by atoms with Crippen LogP contribution in [0, 0.1) is 0 Å². The van der Waals surface area contributed by atoms with E-state index >= 15 is 0 Å². The Bertz CT molecular complexity index is 525. The predicted octanol–water partition coefficient (Wildman–Crippen LogP) is 3.11. The number of amides is 1. The molecule has 17 heavy (non-hydrogen) atoms. The highest BCUT2D eigenvalue weighted by atomic mass is 35.5. The molecule has 0 atom stereocenters. The molecule has 0 fully saturated rings. The van der Waals surface area contributed by atoms with Crippen molar-refractivity contribution >= 4 is 34.5 Å². The number of nitrogens with one attached hydrogen (secondary N) is 1. The Balaban J connectivity index is 2.07. The van der Waals surface area contributed by atoms with Crippen molar-refractivity contribution in [2.75, 3.05) is 5.32 Å². The first-order chi connectivity index (χ1) is 8.16. The SMILES string of the molecule is NC(=O)c1ccc(NCc2ccsc2)cc1Cl. The van der Waals surface area contributed by atoms with Crippen LogP contribution in [0.3, 0.4) is 0 Å². The monoisotopic (exact) mass is 266 g/mol. The van der Waals surface area contributed by atoms with Crippen molar-refractivity contribution in [1.82, 2.24) is 0 Å². The van der Waals surface area contributed by atoms with Gasteiger partial charge in [-0.1, -0.05) is 11.6 Å². The average molecular weight is 267 g/mol. The minimum atomic E-state index is -0.514. The highest BCUT2D eigenvalue weighted by Crippen LogP contribution is 2.21. The molecule has 88 valence electrons. The molecule has 0 aliphatic rings. The lowest BCUT2D eigenvalue weighted by molar-refractivity contribution is 0.100. The standard InChI is InChI=1S/C12H11ClN2OS/c13-11-5-9(1-2-10(11)12(14)16)15-6-8-3-4-17-7-8/h1-5,7,15H,6H2,(H2,14,16). The molecule has 0 radical (unpaired) electrons. The number of nitrogens with two attached hydrogens (primary N) is 1. The van der Waals surface area contributed by atoms with Gasteiger partial charge in [-0.15, -0.1) is 0 Å². The minimum absolute atomic E-state index is 0.341. The van der Waals surface area contributed by atoms with Gasteiger partial charge in [0, 0.05) is 12.2 Å². The minimum Gasteiger partial charge on any atom is -0.381 e. The van der Waals surface area contributed by atoms with Crippen LogP contribution in [-0.2, 0) is 6.54 Å². The Morgan fingerprint density at radius 1 is 1.41 bits per heavy atom. The Morgan fingerprint density at radius 2 is 2.24 bits per heavy atom. The Hall–Kier alpha value is -1.52. The van der Waals surface area contributed by atoms with Crippen LogP contribution in [0.25, 0.3) is 0 Å². The zero-order valence-corrected chi connectivity index (χ0v) is 10.5. The molecule has 1 heterocycles. The van der Waals surface area contributed by atoms with E-state index in [1.165, 1.54) is 5.56 Å². The van der Waals surface area contributed by atoms with E-state index < -0.39 is 5.91 Å². The van der Waals surface area contributed by atoms with Crippen molar-refractivity contribution in [3.63, 3.8) is 0 Å². The van der Waals surface area contributed by atoms with Crippen LogP contribution < -0.4 is 11.1 Å². The smallest absolute Gasteiger partial charge is 0.250 e. The van der Waals surface area contributed by atoms with E-state index in [0.717, 1.165) is 12.2 Å². The molecule has 2 rings (SSSR count). The zero-order valence-electron chi connectivity index (χ0n) is 8.94. The fraction of sp³-hybridized carbons (Fsp3) is 0.0833. The summed E-state index contributed by atoms with van der Waals surface area (Å²) in [5.74, 6) is -0.514. The number of halogens is 1. The highest BCUT2D eigenvalue weighted by Gasteiger charge is 2.06. The second-order valence-corrected chi connectivity index (χ2v) is 4.73. The maximum absolute atomic E-state index is 11.0. The van der Waals surface area contributed by atoms with E-state index in [1.54, 1.807) is 29.5 Å². The highest BCUT2D eigenvalue weighted by molar-refractivity contribution is 7.07. The fourth-order valence-electron chi connectivity index (χ4n) is 1.42. The fourth-order valence-corrected chi connectivity index (χ4v) is 2.36. The van der Waals surface area contributed by atoms with Crippen LogP contribution >= 0.6 is 22.9 Å². The number of benzene rings is 1. The van der Waals surface area contributed by atoms with Gasteiger partial charge in [0.2, 0.25) is 5.91 Å². The van der Waals surface area contributed by atoms with E-state index in [2.05, 4.69) is 16.8 Å². The number of rotatable bonds is 4. The van der Waals surface area contributed by atoms with E-state index in [9.17, 15) is 4.79 Å². The predicted molar refractivity (Wildman–Crippen MR) is 71.6 cm³/mol. The van der Waals surface area contributed by atoms with E-state index in [-0.39, 0.29) is 0 Å². The summed E-state index contributed by atoms with van der Waals surface area (Å²) in [5.41, 5.74) is 7.59. The third-order valence-corrected chi connectivity index (χ3v) is 3.36. The third-order valence-electron chi connectivity index (χ3n) is 2.31. The van der Waals surface area contributed by atoms with Crippen LogP contribution in [0.5, 0.6) is 0 Å². The molecule has 1 aromatic carbocycles. The molecule has 0 bridgehead atoms. The Kier molecular flexibility index (Phi) is 3.66. The van der Waals surface area contributed by atoms with Crippen molar-refractivity contribution < 1.29 is 4.79 Å². The van der Waals surface area contributed by atoms with E-state index in [0.29, 0.717) is 10.6 Å². The summed E-state index contributed by atoms with van der Waals surface area (Å²) in [4.78, 5) is 11.0. The normalized spacial score (nSPS) is 10.2. The summed E-state index contributed by atoms with van der Waals surface area (Å²) in [6, 6.07) is 7.17. The van der Waals surface area contributed by atoms with Gasteiger partial charge in [-0.25, -0.2) is 0 Å². The van der Waals surface area contributed by atoms with Crippen LogP contribution in [0.2, 0.25) is 5.02 Å². The number of carbonyl (C=O) groups excluding carboxylic acids is 1. The van der Waals surface area contributed by atoms with Crippen molar-refractivity contribution in [3.8, 4) is 0 Å². The molecule has 2 aromatic rings. The number of thiophene rings is 1. The zero-order chi connectivity index (χ0) is 12.3. The van der Waals surface area contributed by atoms with E-state index in [4.69, 9.17) is 17.3 Å². The first kappa shape index (κ1) is 12.0. The molecule has 3 N–H and O–H groups in total. The first-order valence-corrected chi connectivity index (χ1v) is 6.33. The van der Waals surface area contributed by atoms with Crippen molar-refractivity contribution in [2.24, 2.45) is 5.73 Å². The number of carbonyl (C=O) groups is 1. The van der Waals surface area contributed by atoms with Crippen molar-refractivity contribution in [3.05, 3.63) is 51.2 Å². The summed E-state index contributed by atoms with van der Waals surface area (Å²) in [5, 5.41) is 7.70. The lowest BCUT2D eigenvalue weighted by Crippen LogP contribution is -2.11. The molecule has 1 amide bonds. The summed E-state index contributed by atoms with van der Waals surface area (Å²) in [7, 11) is 0. The Labute approximate surface area is 108 Å². The van der Waals surface area contributed by atoms with Gasteiger partial charge >= 0.3 is 0 Å². The molecule has 0 spiro atoms. The van der Waals surface area contributed by atoms with Gasteiger partial charge in [-0.05, 0) is 40.6 Å². The summed E-state index contributed by atoms with van der Waals surface area (Å²) in [6.45, 7) is 0.732. The molecule has 0 aliphatic heterocycles. The van der Waals surface area contributed by atoms with Gasteiger partial charge in [-0.2, -0.15) is 11.3 Å². The molecule has 1 aromatic heterocycles. The molecule has 3 nitrogen and oxygen atoms in total. The number of hydrogen-bond donors (Lipinski definition) is 2. The van der Waals surface area contributed by atoms with Gasteiger partial charge in [0.1, 0.15) is 0 Å². The molecular formula is C12H11ClN2OS. The molecule has 0 aliphatic carbocycles. The summed E-state index contributed by atoms with van der Waals surface area (Å²) >= 11 is 7.60. The molecule has 0 saturated carbocycles. The van der Waals surface area contributed by atoms with Gasteiger partial charge < -0.3 is 11.1 Å². The molecular weight excluding hydrogens is 256 g/mol. The largest absolute Gasteiger partial charge is 0.381 e. The van der Waals surface area contributed by atoms with Crippen molar-refractivity contribution in [1.29, 1.82) is 0 Å². The second kappa shape index (κ2) is 5.21. The number of anilines is 1. The lowest BCUT2D eigenvalue weighted by atomic mass is 10.2. The Morgan fingerprint density at radius 3 is 2.82 bits per heavy atom.